The molecule has 1 saturated heterocycles. The molecule has 1 fully saturated rings. The predicted octanol–water partition coefficient (Wildman–Crippen LogP) is 0.0213. The molecule has 0 unspecified atom stereocenters. The molecule has 4 nitrogen and oxygen atoms in total. The summed E-state index contributed by atoms with van der Waals surface area (Å²) in [5, 5.41) is 6.06. The van der Waals surface area contributed by atoms with Crippen molar-refractivity contribution in [3.8, 4) is 0 Å². The summed E-state index contributed by atoms with van der Waals surface area (Å²) in [6, 6.07) is 0.391. The van der Waals surface area contributed by atoms with Crippen LogP contribution in [0.5, 0.6) is 0 Å². The van der Waals surface area contributed by atoms with E-state index in [2.05, 4.69) is 41.5 Å². The molecular weight excluding hydrogens is 196 g/mol. The second-order valence-corrected chi connectivity index (χ2v) is 4.44. The van der Waals surface area contributed by atoms with Gasteiger partial charge in [-0.15, -0.1) is 0 Å². The summed E-state index contributed by atoms with van der Waals surface area (Å²) in [7, 11) is 2.14. The van der Waals surface area contributed by atoms with Gasteiger partial charge in [-0.1, -0.05) is 0 Å². The van der Waals surface area contributed by atoms with Crippen molar-refractivity contribution in [3.05, 3.63) is 0 Å². The third-order valence-electron chi connectivity index (χ3n) is 2.18. The lowest BCUT2D eigenvalue weighted by atomic mass is 10.4. The first kappa shape index (κ1) is 11.7. The normalized spacial score (nSPS) is 19.7. The van der Waals surface area contributed by atoms with Crippen molar-refractivity contribution in [2.75, 3.05) is 33.2 Å². The molecular formula is C9H20N4S. The molecule has 1 aliphatic rings. The van der Waals surface area contributed by atoms with Gasteiger partial charge in [0.15, 0.2) is 5.11 Å². The number of hydrazine groups is 1. The number of hydrogen-bond acceptors (Lipinski definition) is 3. The highest BCUT2D eigenvalue weighted by atomic mass is 32.1. The Labute approximate surface area is 91.6 Å². The van der Waals surface area contributed by atoms with E-state index in [4.69, 9.17) is 12.2 Å². The van der Waals surface area contributed by atoms with E-state index in [0.717, 1.165) is 31.3 Å². The van der Waals surface area contributed by atoms with Gasteiger partial charge in [-0.25, -0.2) is 5.01 Å². The molecule has 0 saturated carbocycles. The number of nitrogens with zero attached hydrogens (tertiary/aromatic N) is 2. The van der Waals surface area contributed by atoms with E-state index in [1.54, 1.807) is 0 Å². The number of nitrogens with one attached hydrogen (secondary N) is 2. The van der Waals surface area contributed by atoms with Gasteiger partial charge in [0.2, 0.25) is 0 Å². The second kappa shape index (κ2) is 5.48. The maximum Gasteiger partial charge on any atom is 0.181 e. The zero-order valence-electron chi connectivity index (χ0n) is 9.21. The molecule has 82 valence electrons. The van der Waals surface area contributed by atoms with E-state index in [-0.39, 0.29) is 0 Å². The topological polar surface area (TPSA) is 30.5 Å². The first-order chi connectivity index (χ1) is 6.58. The number of rotatable bonds is 2. The summed E-state index contributed by atoms with van der Waals surface area (Å²) in [5.74, 6) is 0. The molecule has 0 aromatic carbocycles. The fraction of sp³-hybridized carbons (Fsp3) is 0.889. The Balaban J connectivity index is 2.20. The van der Waals surface area contributed by atoms with Crippen molar-refractivity contribution in [1.29, 1.82) is 0 Å². The Morgan fingerprint density at radius 2 is 1.79 bits per heavy atom. The van der Waals surface area contributed by atoms with E-state index in [0.29, 0.717) is 6.04 Å². The largest absolute Gasteiger partial charge is 0.359 e. The van der Waals surface area contributed by atoms with Gasteiger partial charge in [0.05, 0.1) is 0 Å². The molecule has 0 aliphatic carbocycles. The average molecular weight is 216 g/mol. The Morgan fingerprint density at radius 1 is 1.21 bits per heavy atom. The van der Waals surface area contributed by atoms with E-state index in [1.165, 1.54) is 0 Å². The average Bonchev–Trinajstić information content (AvgIpc) is 2.07. The Hall–Kier alpha value is -0.390. The molecule has 0 amide bonds. The first-order valence-corrected chi connectivity index (χ1v) is 5.49. The molecule has 2 N–H and O–H groups in total. The van der Waals surface area contributed by atoms with Crippen LogP contribution in [0.15, 0.2) is 0 Å². The highest BCUT2D eigenvalue weighted by molar-refractivity contribution is 7.80. The van der Waals surface area contributed by atoms with Gasteiger partial charge < -0.3 is 10.2 Å². The predicted molar refractivity (Wildman–Crippen MR) is 63.1 cm³/mol. The summed E-state index contributed by atoms with van der Waals surface area (Å²) in [6.07, 6.45) is 0. The van der Waals surface area contributed by atoms with Crippen LogP contribution in [0, 0.1) is 0 Å². The molecule has 1 aliphatic heterocycles. The summed E-state index contributed by atoms with van der Waals surface area (Å²) >= 11 is 5.16. The molecule has 0 radical (unpaired) electrons. The zero-order valence-corrected chi connectivity index (χ0v) is 10.0. The number of hydrogen-bond donors (Lipinski definition) is 2. The van der Waals surface area contributed by atoms with Gasteiger partial charge in [0, 0.05) is 32.2 Å². The third kappa shape index (κ3) is 4.21. The Morgan fingerprint density at radius 3 is 2.29 bits per heavy atom. The van der Waals surface area contributed by atoms with Gasteiger partial charge in [-0.3, -0.25) is 5.43 Å². The SMILES string of the molecule is CC(C)NC(=S)NN1CCN(C)CC1. The quantitative estimate of drug-likeness (QED) is 0.636. The van der Waals surface area contributed by atoms with Gasteiger partial charge in [-0.2, -0.15) is 0 Å². The molecule has 5 heteroatoms. The molecule has 0 atom stereocenters. The minimum absolute atomic E-state index is 0.391. The van der Waals surface area contributed by atoms with E-state index in [9.17, 15) is 0 Å². The fourth-order valence-electron chi connectivity index (χ4n) is 1.36. The number of piperazine rings is 1. The molecule has 0 spiro atoms. The van der Waals surface area contributed by atoms with Gasteiger partial charge in [0.25, 0.3) is 0 Å². The van der Waals surface area contributed by atoms with Crippen molar-refractivity contribution in [3.63, 3.8) is 0 Å². The van der Waals surface area contributed by atoms with Crippen molar-refractivity contribution in [1.82, 2.24) is 20.7 Å². The molecule has 0 bridgehead atoms. The van der Waals surface area contributed by atoms with Crippen LogP contribution < -0.4 is 10.7 Å². The fourth-order valence-corrected chi connectivity index (χ4v) is 1.72. The van der Waals surface area contributed by atoms with E-state index >= 15 is 0 Å². The van der Waals surface area contributed by atoms with Gasteiger partial charge >= 0.3 is 0 Å². The van der Waals surface area contributed by atoms with Crippen LogP contribution >= 0.6 is 12.2 Å². The van der Waals surface area contributed by atoms with Gasteiger partial charge in [-0.05, 0) is 33.1 Å². The lowest BCUT2D eigenvalue weighted by Crippen LogP contribution is -2.55. The number of thiocarbonyl (C=S) groups is 1. The summed E-state index contributed by atoms with van der Waals surface area (Å²) < 4.78 is 0. The van der Waals surface area contributed by atoms with Gasteiger partial charge in [0.1, 0.15) is 0 Å². The third-order valence-corrected chi connectivity index (χ3v) is 2.39. The van der Waals surface area contributed by atoms with Crippen LogP contribution in [0.2, 0.25) is 0 Å². The van der Waals surface area contributed by atoms with E-state index in [1.807, 2.05) is 0 Å². The molecule has 0 aromatic rings. The Kier molecular flexibility index (Phi) is 4.57. The van der Waals surface area contributed by atoms with Crippen molar-refractivity contribution in [2.45, 2.75) is 19.9 Å². The summed E-state index contributed by atoms with van der Waals surface area (Å²) in [4.78, 5) is 2.32. The maximum atomic E-state index is 5.16. The van der Waals surface area contributed by atoms with E-state index < -0.39 is 0 Å². The van der Waals surface area contributed by atoms with Crippen molar-refractivity contribution < 1.29 is 0 Å². The Bertz CT molecular complexity index is 187. The van der Waals surface area contributed by atoms with Crippen LogP contribution in [0.3, 0.4) is 0 Å². The highest BCUT2D eigenvalue weighted by Gasteiger charge is 2.14. The van der Waals surface area contributed by atoms with Crippen LogP contribution in [0.4, 0.5) is 0 Å². The van der Waals surface area contributed by atoms with Crippen LogP contribution in [0.1, 0.15) is 13.8 Å². The minimum Gasteiger partial charge on any atom is -0.359 e. The molecule has 14 heavy (non-hydrogen) atoms. The van der Waals surface area contributed by atoms with Crippen molar-refractivity contribution >= 4 is 17.3 Å². The summed E-state index contributed by atoms with van der Waals surface area (Å²) in [5.41, 5.74) is 3.20. The highest BCUT2D eigenvalue weighted by Crippen LogP contribution is 1.95. The first-order valence-electron chi connectivity index (χ1n) is 5.08. The van der Waals surface area contributed by atoms with Crippen LogP contribution in [0.25, 0.3) is 0 Å². The monoisotopic (exact) mass is 216 g/mol. The second-order valence-electron chi connectivity index (χ2n) is 4.03. The summed E-state index contributed by atoms with van der Waals surface area (Å²) in [6.45, 7) is 8.40. The number of likely N-dealkylation sites (N-methyl/N-ethyl adjacent to an activating group) is 1. The van der Waals surface area contributed by atoms with Crippen LogP contribution in [-0.4, -0.2) is 54.3 Å². The standard InChI is InChI=1S/C9H20N4S/c1-8(2)10-9(14)11-13-6-4-12(3)5-7-13/h8H,4-7H2,1-3H3,(H2,10,11,14). The lowest BCUT2D eigenvalue weighted by molar-refractivity contribution is 0.130. The minimum atomic E-state index is 0.391. The molecule has 1 rings (SSSR count). The van der Waals surface area contributed by atoms with Crippen LogP contribution in [-0.2, 0) is 0 Å². The smallest absolute Gasteiger partial charge is 0.181 e. The molecule has 1 heterocycles. The van der Waals surface area contributed by atoms with Crippen molar-refractivity contribution in [2.24, 2.45) is 0 Å². The zero-order chi connectivity index (χ0) is 10.6. The molecule has 0 aromatic heterocycles. The maximum absolute atomic E-state index is 5.16. The lowest BCUT2D eigenvalue weighted by Gasteiger charge is -2.33.